The van der Waals surface area contributed by atoms with Gasteiger partial charge < -0.3 is 15.7 Å². The molecule has 0 saturated heterocycles. The van der Waals surface area contributed by atoms with Crippen LogP contribution in [-0.2, 0) is 6.42 Å². The van der Waals surface area contributed by atoms with Crippen molar-refractivity contribution in [2.24, 2.45) is 5.92 Å². The maximum Gasteiger partial charge on any atom is 0.404 e. The average Bonchev–Trinajstić information content (AvgIpc) is 2.96. The summed E-state index contributed by atoms with van der Waals surface area (Å²) in [4.78, 5) is 18.3. The lowest BCUT2D eigenvalue weighted by molar-refractivity contribution is 0.190. The Kier molecular flexibility index (Phi) is 5.36. The molecule has 7 heteroatoms. The second-order valence-electron chi connectivity index (χ2n) is 6.93. The predicted octanol–water partition coefficient (Wildman–Crippen LogP) is 4.70. The summed E-state index contributed by atoms with van der Waals surface area (Å²) >= 11 is 3.71. The monoisotopic (exact) mass is 389 g/mol. The highest BCUT2D eigenvalue weighted by molar-refractivity contribution is 7.99. The largest absolute Gasteiger partial charge is 0.465 e. The predicted molar refractivity (Wildman–Crippen MR) is 107 cm³/mol. The van der Waals surface area contributed by atoms with Crippen LogP contribution in [-0.4, -0.2) is 34.5 Å². The molecule has 1 fully saturated rings. The Morgan fingerprint density at radius 1 is 1.23 bits per heavy atom. The molecule has 2 aromatic rings. The van der Waals surface area contributed by atoms with Crippen LogP contribution < -0.4 is 10.6 Å². The van der Waals surface area contributed by atoms with Gasteiger partial charge in [0, 0.05) is 33.7 Å². The molecule has 0 unspecified atom stereocenters. The van der Waals surface area contributed by atoms with Crippen molar-refractivity contribution in [3.8, 4) is 11.3 Å². The van der Waals surface area contributed by atoms with E-state index in [0.29, 0.717) is 18.5 Å². The topological polar surface area (TPSA) is 74.2 Å². The van der Waals surface area contributed by atoms with Gasteiger partial charge in [-0.05, 0) is 44.1 Å². The van der Waals surface area contributed by atoms with Crippen LogP contribution in [0.5, 0.6) is 0 Å². The van der Waals surface area contributed by atoms with Gasteiger partial charge in [0.25, 0.3) is 0 Å². The number of hydrogen-bond acceptors (Lipinski definition) is 5. The summed E-state index contributed by atoms with van der Waals surface area (Å²) in [6.45, 7) is 0.571. The van der Waals surface area contributed by atoms with E-state index in [0.717, 1.165) is 48.7 Å². The molecule has 0 spiro atoms. The molecule has 1 aliphatic carbocycles. The van der Waals surface area contributed by atoms with Crippen LogP contribution in [0.15, 0.2) is 29.2 Å². The number of anilines is 1. The van der Waals surface area contributed by atoms with E-state index in [2.05, 4.69) is 34.9 Å². The first kappa shape index (κ1) is 17.7. The Labute approximate surface area is 161 Å². The Morgan fingerprint density at radius 2 is 2.04 bits per heavy atom. The number of carboxylic acid groups (broad SMARTS) is 1. The van der Waals surface area contributed by atoms with E-state index in [-0.39, 0.29) is 0 Å². The maximum absolute atomic E-state index is 10.6. The summed E-state index contributed by atoms with van der Waals surface area (Å²) in [5, 5.41) is 15.9. The summed E-state index contributed by atoms with van der Waals surface area (Å²) in [6.07, 6.45) is 4.41. The summed E-state index contributed by atoms with van der Waals surface area (Å²) in [6, 6.07) is 8.99. The Bertz CT molecular complexity index is 785. The van der Waals surface area contributed by atoms with E-state index in [1.165, 1.54) is 15.3 Å². The maximum atomic E-state index is 10.6. The van der Waals surface area contributed by atoms with Gasteiger partial charge in [-0.2, -0.15) is 0 Å². The number of nitrogens with zero attached hydrogens (tertiary/aromatic N) is 1. The van der Waals surface area contributed by atoms with Crippen LogP contribution in [0, 0.1) is 5.92 Å². The number of carbonyl (C=O) groups is 1. The fourth-order valence-electron chi connectivity index (χ4n) is 3.75. The normalized spacial score (nSPS) is 22.0. The number of benzene rings is 1. The number of aryl methyl sites for hydroxylation is 1. The molecule has 3 N–H and O–H groups in total. The fraction of sp³-hybridized carbons (Fsp3) is 0.474. The minimum atomic E-state index is -0.923. The summed E-state index contributed by atoms with van der Waals surface area (Å²) in [5.74, 6) is 1.56. The molecule has 0 atom stereocenters. The Balaban J connectivity index is 1.40. The second kappa shape index (κ2) is 7.88. The molecule has 4 rings (SSSR count). The highest BCUT2D eigenvalue weighted by atomic mass is 32.2. The van der Waals surface area contributed by atoms with Gasteiger partial charge in [0.05, 0.1) is 5.69 Å². The Hall–Kier alpha value is -1.73. The highest BCUT2D eigenvalue weighted by Crippen LogP contribution is 2.41. The molecular weight excluding hydrogens is 366 g/mol. The van der Waals surface area contributed by atoms with Crippen molar-refractivity contribution in [2.75, 3.05) is 17.6 Å². The van der Waals surface area contributed by atoms with Crippen LogP contribution >= 0.6 is 23.1 Å². The van der Waals surface area contributed by atoms with Crippen molar-refractivity contribution in [1.29, 1.82) is 0 Å². The van der Waals surface area contributed by atoms with Crippen molar-refractivity contribution in [3.63, 3.8) is 0 Å². The molecule has 1 aliphatic heterocycles. The third-order valence-electron chi connectivity index (χ3n) is 5.14. The van der Waals surface area contributed by atoms with Crippen LogP contribution in [0.1, 0.15) is 30.6 Å². The minimum absolute atomic E-state index is 0.440. The van der Waals surface area contributed by atoms with Crippen LogP contribution in [0.25, 0.3) is 11.3 Å². The molecule has 1 aromatic carbocycles. The molecule has 5 nitrogen and oxygen atoms in total. The minimum Gasteiger partial charge on any atom is -0.465 e. The lowest BCUT2D eigenvalue weighted by atomic mass is 9.86. The standard InChI is InChI=1S/C19H23N3O2S2/c23-19(24)20-11-12-5-7-13(8-6-12)21-18-22-17-14-3-1-2-4-15(14)25-10-9-16(17)26-18/h1-4,12-13,20H,5-11H2,(H,21,22)(H,23,24). The third kappa shape index (κ3) is 3.99. The first-order valence-electron chi connectivity index (χ1n) is 9.14. The van der Waals surface area contributed by atoms with Crippen molar-refractivity contribution in [1.82, 2.24) is 10.3 Å². The van der Waals surface area contributed by atoms with E-state index in [1.807, 2.05) is 11.8 Å². The molecular formula is C19H23N3O2S2. The van der Waals surface area contributed by atoms with Gasteiger partial charge in [-0.15, -0.1) is 23.1 Å². The molecule has 26 heavy (non-hydrogen) atoms. The summed E-state index contributed by atoms with van der Waals surface area (Å²) < 4.78 is 0. The van der Waals surface area contributed by atoms with Gasteiger partial charge >= 0.3 is 6.09 Å². The summed E-state index contributed by atoms with van der Waals surface area (Å²) in [7, 11) is 0. The van der Waals surface area contributed by atoms with Crippen LogP contribution in [0.3, 0.4) is 0 Å². The molecule has 138 valence electrons. The van der Waals surface area contributed by atoms with Gasteiger partial charge in [-0.25, -0.2) is 9.78 Å². The van der Waals surface area contributed by atoms with E-state index in [1.54, 1.807) is 11.3 Å². The third-order valence-corrected chi connectivity index (χ3v) is 7.26. The van der Waals surface area contributed by atoms with Gasteiger partial charge in [0.2, 0.25) is 0 Å². The first-order valence-corrected chi connectivity index (χ1v) is 10.9. The smallest absolute Gasteiger partial charge is 0.404 e. The van der Waals surface area contributed by atoms with Crippen molar-refractivity contribution in [3.05, 3.63) is 29.1 Å². The lowest BCUT2D eigenvalue weighted by Gasteiger charge is -2.28. The average molecular weight is 390 g/mol. The molecule has 1 amide bonds. The van der Waals surface area contributed by atoms with Gasteiger partial charge in [-0.3, -0.25) is 0 Å². The van der Waals surface area contributed by atoms with Gasteiger partial charge in [0.1, 0.15) is 0 Å². The number of nitrogens with one attached hydrogen (secondary N) is 2. The molecule has 1 aromatic heterocycles. The molecule has 2 aliphatic rings. The number of rotatable bonds is 4. The number of fused-ring (bicyclic) bond motifs is 3. The second-order valence-corrected chi connectivity index (χ2v) is 9.15. The zero-order chi connectivity index (χ0) is 17.9. The van der Waals surface area contributed by atoms with Crippen molar-refractivity contribution < 1.29 is 9.90 Å². The quantitative estimate of drug-likeness (QED) is 0.707. The zero-order valence-electron chi connectivity index (χ0n) is 14.5. The zero-order valence-corrected chi connectivity index (χ0v) is 16.2. The van der Waals surface area contributed by atoms with E-state index in [9.17, 15) is 4.79 Å². The van der Waals surface area contributed by atoms with Crippen LogP contribution in [0.4, 0.5) is 9.93 Å². The molecule has 1 saturated carbocycles. The SMILES string of the molecule is O=C(O)NCC1CCC(Nc2nc3c(s2)CCSc2ccccc2-3)CC1. The van der Waals surface area contributed by atoms with Crippen molar-refractivity contribution in [2.45, 2.75) is 43.0 Å². The van der Waals surface area contributed by atoms with E-state index >= 15 is 0 Å². The molecule has 0 bridgehead atoms. The Morgan fingerprint density at radius 3 is 2.85 bits per heavy atom. The summed E-state index contributed by atoms with van der Waals surface area (Å²) in [5.41, 5.74) is 2.41. The highest BCUT2D eigenvalue weighted by Gasteiger charge is 2.24. The number of amides is 1. The molecule has 2 heterocycles. The number of aromatic nitrogens is 1. The van der Waals surface area contributed by atoms with Crippen molar-refractivity contribution >= 4 is 34.3 Å². The number of thiazole rings is 1. The van der Waals surface area contributed by atoms with Gasteiger partial charge in [-0.1, -0.05) is 18.2 Å². The molecule has 0 radical (unpaired) electrons. The van der Waals surface area contributed by atoms with Gasteiger partial charge in [0.15, 0.2) is 5.13 Å². The lowest BCUT2D eigenvalue weighted by Crippen LogP contribution is -2.33. The van der Waals surface area contributed by atoms with Crippen LogP contribution in [0.2, 0.25) is 0 Å². The van der Waals surface area contributed by atoms with E-state index < -0.39 is 6.09 Å². The number of thioether (sulfide) groups is 1. The fourth-order valence-corrected chi connectivity index (χ4v) is 5.95. The first-order chi connectivity index (χ1) is 12.7. The number of hydrogen-bond donors (Lipinski definition) is 3. The van der Waals surface area contributed by atoms with E-state index in [4.69, 9.17) is 10.1 Å².